The molecule has 4 atom stereocenters. The number of carbonyl (C=O) groups is 1. The summed E-state index contributed by atoms with van der Waals surface area (Å²) in [6.07, 6.45) is 4.73. The summed E-state index contributed by atoms with van der Waals surface area (Å²) >= 11 is 0. The summed E-state index contributed by atoms with van der Waals surface area (Å²) in [6, 6.07) is 9.47. The standard InChI is InChI=1S/C21H30O3/c1-15(2)9-8-10-16(3)21-23-14-20(24-21)17(4)13-19(22)18-11-6-5-7-12-18/h5-7,9,11-12,16-17,20-21H,8,10,13-14H2,1-4H3. The van der Waals surface area contributed by atoms with Crippen LogP contribution in [-0.4, -0.2) is 24.8 Å². The minimum absolute atomic E-state index is 0.00793. The average molecular weight is 330 g/mol. The van der Waals surface area contributed by atoms with E-state index in [1.54, 1.807) is 0 Å². The first-order valence-electron chi connectivity index (χ1n) is 8.96. The Morgan fingerprint density at radius 2 is 1.92 bits per heavy atom. The van der Waals surface area contributed by atoms with Crippen molar-refractivity contribution in [3.63, 3.8) is 0 Å². The normalized spacial score (nSPS) is 22.8. The van der Waals surface area contributed by atoms with Gasteiger partial charge in [0.2, 0.25) is 0 Å². The van der Waals surface area contributed by atoms with Crippen LogP contribution in [0, 0.1) is 11.8 Å². The Hall–Kier alpha value is -1.45. The highest BCUT2D eigenvalue weighted by Gasteiger charge is 2.33. The van der Waals surface area contributed by atoms with Crippen LogP contribution < -0.4 is 0 Å². The maximum absolute atomic E-state index is 12.3. The Morgan fingerprint density at radius 3 is 2.58 bits per heavy atom. The van der Waals surface area contributed by atoms with Crippen LogP contribution in [0.5, 0.6) is 0 Å². The molecule has 132 valence electrons. The summed E-state index contributed by atoms with van der Waals surface area (Å²) in [6.45, 7) is 9.07. The second-order valence-electron chi connectivity index (χ2n) is 7.18. The van der Waals surface area contributed by atoms with Crippen LogP contribution in [0.4, 0.5) is 0 Å². The Kier molecular flexibility index (Phi) is 7.19. The van der Waals surface area contributed by atoms with Crippen LogP contribution >= 0.6 is 0 Å². The van der Waals surface area contributed by atoms with Gasteiger partial charge in [0.1, 0.15) is 0 Å². The van der Waals surface area contributed by atoms with Gasteiger partial charge in [0, 0.05) is 17.9 Å². The molecule has 24 heavy (non-hydrogen) atoms. The molecule has 1 aromatic carbocycles. The number of rotatable bonds is 8. The van der Waals surface area contributed by atoms with E-state index in [1.807, 2.05) is 30.3 Å². The summed E-state index contributed by atoms with van der Waals surface area (Å²) in [5.74, 6) is 0.696. The number of ketones is 1. The van der Waals surface area contributed by atoms with Gasteiger partial charge >= 0.3 is 0 Å². The van der Waals surface area contributed by atoms with Gasteiger partial charge in [0.15, 0.2) is 12.1 Å². The van der Waals surface area contributed by atoms with E-state index >= 15 is 0 Å². The van der Waals surface area contributed by atoms with Crippen LogP contribution in [0.15, 0.2) is 42.0 Å². The molecule has 1 aromatic rings. The monoisotopic (exact) mass is 330 g/mol. The molecule has 1 saturated heterocycles. The topological polar surface area (TPSA) is 35.5 Å². The van der Waals surface area contributed by atoms with E-state index in [0.717, 1.165) is 18.4 Å². The number of hydrogen-bond donors (Lipinski definition) is 0. The molecule has 0 aromatic heterocycles. The first-order chi connectivity index (χ1) is 11.5. The molecular formula is C21H30O3. The maximum atomic E-state index is 12.3. The van der Waals surface area contributed by atoms with Crippen molar-refractivity contribution in [1.82, 2.24) is 0 Å². The molecule has 4 unspecified atom stereocenters. The van der Waals surface area contributed by atoms with E-state index in [9.17, 15) is 4.79 Å². The lowest BCUT2D eigenvalue weighted by molar-refractivity contribution is -0.0995. The molecular weight excluding hydrogens is 300 g/mol. The molecule has 0 bridgehead atoms. The quantitative estimate of drug-likeness (QED) is 0.496. The first-order valence-corrected chi connectivity index (χ1v) is 8.96. The molecule has 0 aliphatic carbocycles. The van der Waals surface area contributed by atoms with Crippen LogP contribution in [0.25, 0.3) is 0 Å². The van der Waals surface area contributed by atoms with Crippen LogP contribution in [0.3, 0.4) is 0 Å². The second-order valence-corrected chi connectivity index (χ2v) is 7.18. The lowest BCUT2D eigenvalue weighted by Crippen LogP contribution is -2.25. The van der Waals surface area contributed by atoms with Gasteiger partial charge in [-0.2, -0.15) is 0 Å². The SMILES string of the molecule is CC(C)=CCCC(C)C1OCC(C(C)CC(=O)c2ccccc2)O1. The van der Waals surface area contributed by atoms with Gasteiger partial charge in [0.25, 0.3) is 0 Å². The third kappa shape index (κ3) is 5.57. The molecule has 1 aliphatic rings. The van der Waals surface area contributed by atoms with Crippen LogP contribution in [-0.2, 0) is 9.47 Å². The molecule has 1 fully saturated rings. The number of Topliss-reactive ketones (excluding diaryl/α,β-unsaturated/α-hetero) is 1. The van der Waals surface area contributed by atoms with E-state index in [2.05, 4.69) is 33.8 Å². The molecule has 0 N–H and O–H groups in total. The maximum Gasteiger partial charge on any atom is 0.163 e. The van der Waals surface area contributed by atoms with E-state index < -0.39 is 0 Å². The van der Waals surface area contributed by atoms with Crippen molar-refractivity contribution in [3.05, 3.63) is 47.5 Å². The van der Waals surface area contributed by atoms with Crippen LogP contribution in [0.1, 0.15) is 57.3 Å². The Morgan fingerprint density at radius 1 is 1.21 bits per heavy atom. The average Bonchev–Trinajstić information content (AvgIpc) is 3.05. The Balaban J connectivity index is 1.79. The highest BCUT2D eigenvalue weighted by molar-refractivity contribution is 5.96. The van der Waals surface area contributed by atoms with Gasteiger partial charge in [-0.25, -0.2) is 0 Å². The van der Waals surface area contributed by atoms with Gasteiger partial charge in [-0.3, -0.25) is 4.79 Å². The highest BCUT2D eigenvalue weighted by atomic mass is 16.7. The lowest BCUT2D eigenvalue weighted by atomic mass is 9.95. The predicted molar refractivity (Wildman–Crippen MR) is 97.0 cm³/mol. The fraction of sp³-hybridized carbons (Fsp3) is 0.571. The second kappa shape index (κ2) is 9.14. The minimum atomic E-state index is -0.144. The summed E-state index contributed by atoms with van der Waals surface area (Å²) in [5, 5.41) is 0. The molecule has 0 spiro atoms. The highest BCUT2D eigenvalue weighted by Crippen LogP contribution is 2.28. The lowest BCUT2D eigenvalue weighted by Gasteiger charge is -2.20. The minimum Gasteiger partial charge on any atom is -0.350 e. The largest absolute Gasteiger partial charge is 0.350 e. The van der Waals surface area contributed by atoms with Crippen molar-refractivity contribution in [2.45, 2.75) is 59.4 Å². The number of benzene rings is 1. The number of ether oxygens (including phenoxy) is 2. The third-order valence-electron chi connectivity index (χ3n) is 4.61. The molecule has 1 aliphatic heterocycles. The molecule has 3 heteroatoms. The van der Waals surface area contributed by atoms with Gasteiger partial charge in [0.05, 0.1) is 12.7 Å². The molecule has 0 radical (unpaired) electrons. The third-order valence-corrected chi connectivity index (χ3v) is 4.61. The Bertz CT molecular complexity index is 545. The van der Waals surface area contributed by atoms with E-state index in [-0.39, 0.29) is 24.1 Å². The number of allylic oxidation sites excluding steroid dienone is 2. The summed E-state index contributed by atoms with van der Waals surface area (Å²) in [5.41, 5.74) is 2.12. The Labute approximate surface area is 146 Å². The smallest absolute Gasteiger partial charge is 0.163 e. The van der Waals surface area contributed by atoms with E-state index in [1.165, 1.54) is 5.57 Å². The van der Waals surface area contributed by atoms with Crippen molar-refractivity contribution in [2.75, 3.05) is 6.61 Å². The zero-order valence-electron chi connectivity index (χ0n) is 15.3. The number of hydrogen-bond acceptors (Lipinski definition) is 3. The van der Waals surface area contributed by atoms with Crippen molar-refractivity contribution in [3.8, 4) is 0 Å². The summed E-state index contributed by atoms with van der Waals surface area (Å²) < 4.78 is 11.9. The number of carbonyl (C=O) groups excluding carboxylic acids is 1. The molecule has 2 rings (SSSR count). The van der Waals surface area contributed by atoms with Gasteiger partial charge in [-0.15, -0.1) is 0 Å². The molecule has 0 amide bonds. The van der Waals surface area contributed by atoms with Gasteiger partial charge in [-0.1, -0.05) is 55.8 Å². The van der Waals surface area contributed by atoms with Crippen molar-refractivity contribution < 1.29 is 14.3 Å². The van der Waals surface area contributed by atoms with Crippen molar-refractivity contribution in [1.29, 1.82) is 0 Å². The van der Waals surface area contributed by atoms with Crippen molar-refractivity contribution in [2.24, 2.45) is 11.8 Å². The zero-order valence-corrected chi connectivity index (χ0v) is 15.3. The first kappa shape index (κ1) is 18.9. The zero-order chi connectivity index (χ0) is 17.5. The molecule has 3 nitrogen and oxygen atoms in total. The summed E-state index contributed by atoms with van der Waals surface area (Å²) in [4.78, 5) is 12.3. The van der Waals surface area contributed by atoms with E-state index in [4.69, 9.17) is 9.47 Å². The molecule has 1 heterocycles. The molecule has 0 saturated carbocycles. The fourth-order valence-electron chi connectivity index (χ4n) is 2.97. The van der Waals surface area contributed by atoms with Gasteiger partial charge < -0.3 is 9.47 Å². The van der Waals surface area contributed by atoms with E-state index in [0.29, 0.717) is 18.9 Å². The summed E-state index contributed by atoms with van der Waals surface area (Å²) in [7, 11) is 0. The predicted octanol–water partition coefficient (Wildman–Crippen LogP) is 5.02. The fourth-order valence-corrected chi connectivity index (χ4v) is 2.97. The van der Waals surface area contributed by atoms with Crippen molar-refractivity contribution >= 4 is 5.78 Å². The van der Waals surface area contributed by atoms with Crippen LogP contribution in [0.2, 0.25) is 0 Å². The van der Waals surface area contributed by atoms with Gasteiger partial charge in [-0.05, 0) is 32.6 Å².